The number of benzene rings is 1. The predicted molar refractivity (Wildman–Crippen MR) is 64.8 cm³/mol. The minimum atomic E-state index is -0.944. The van der Waals surface area contributed by atoms with Gasteiger partial charge in [-0.15, -0.1) is 0 Å². The van der Waals surface area contributed by atoms with Crippen LogP contribution in [0.3, 0.4) is 0 Å². The third kappa shape index (κ3) is 4.65. The van der Waals surface area contributed by atoms with Gasteiger partial charge >= 0.3 is 5.97 Å². The Hall–Kier alpha value is -1.88. The molecule has 5 nitrogen and oxygen atoms in total. The van der Waals surface area contributed by atoms with E-state index in [-0.39, 0.29) is 18.7 Å². The molecule has 0 aliphatic heterocycles. The second-order valence-electron chi connectivity index (χ2n) is 3.63. The first-order valence-corrected chi connectivity index (χ1v) is 5.38. The number of para-hydroxylation sites is 1. The number of hydrogen-bond acceptors (Lipinski definition) is 3. The quantitative estimate of drug-likeness (QED) is 0.690. The van der Waals surface area contributed by atoms with Crippen LogP contribution in [0, 0.1) is 0 Å². The van der Waals surface area contributed by atoms with E-state index in [2.05, 4.69) is 10.6 Å². The van der Waals surface area contributed by atoms with Crippen LogP contribution < -0.4 is 10.6 Å². The molecule has 0 radical (unpaired) electrons. The molecule has 0 bridgehead atoms. The Balaban J connectivity index is 2.38. The maximum Gasteiger partial charge on any atom is 0.320 e. The van der Waals surface area contributed by atoms with Crippen LogP contribution in [-0.2, 0) is 9.59 Å². The largest absolute Gasteiger partial charge is 0.480 e. The molecule has 5 heteroatoms. The predicted octanol–water partition coefficient (Wildman–Crippen LogP) is 1.08. The molecule has 92 valence electrons. The number of anilines is 1. The fourth-order valence-corrected chi connectivity index (χ4v) is 1.41. The van der Waals surface area contributed by atoms with Gasteiger partial charge < -0.3 is 15.7 Å². The number of carbonyl (C=O) groups excluding carboxylic acids is 1. The number of nitrogens with one attached hydrogen (secondary N) is 2. The number of carboxylic acids is 1. The maximum atomic E-state index is 11.5. The van der Waals surface area contributed by atoms with Crippen LogP contribution in [0.2, 0.25) is 0 Å². The average molecular weight is 236 g/mol. The summed E-state index contributed by atoms with van der Waals surface area (Å²) in [6.45, 7) is 0. The Kier molecular flexibility index (Phi) is 5.16. The highest BCUT2D eigenvalue weighted by atomic mass is 16.4. The molecule has 1 amide bonds. The van der Waals surface area contributed by atoms with E-state index in [1.807, 2.05) is 18.2 Å². The third-order valence-electron chi connectivity index (χ3n) is 2.36. The molecule has 0 aliphatic carbocycles. The number of amides is 1. The van der Waals surface area contributed by atoms with Gasteiger partial charge in [-0.25, -0.2) is 0 Å². The molecule has 1 rings (SSSR count). The topological polar surface area (TPSA) is 78.4 Å². The highest BCUT2D eigenvalue weighted by molar-refractivity contribution is 5.91. The Morgan fingerprint density at radius 1 is 1.29 bits per heavy atom. The Morgan fingerprint density at radius 3 is 2.47 bits per heavy atom. The van der Waals surface area contributed by atoms with Crippen LogP contribution in [0.4, 0.5) is 5.69 Å². The van der Waals surface area contributed by atoms with Gasteiger partial charge in [0.15, 0.2) is 0 Å². The van der Waals surface area contributed by atoms with E-state index in [0.717, 1.165) is 0 Å². The van der Waals surface area contributed by atoms with Crippen LogP contribution in [0.25, 0.3) is 0 Å². The van der Waals surface area contributed by atoms with E-state index in [1.54, 1.807) is 19.2 Å². The van der Waals surface area contributed by atoms with Crippen molar-refractivity contribution in [1.29, 1.82) is 0 Å². The zero-order valence-electron chi connectivity index (χ0n) is 9.64. The molecule has 0 aliphatic rings. The SMILES string of the molecule is CN[C@@H](CCC(=O)Nc1ccccc1)C(=O)O. The summed E-state index contributed by atoms with van der Waals surface area (Å²) in [4.78, 5) is 22.2. The van der Waals surface area contributed by atoms with Crippen LogP contribution in [0.5, 0.6) is 0 Å². The minimum Gasteiger partial charge on any atom is -0.480 e. The van der Waals surface area contributed by atoms with Gasteiger partial charge in [0.05, 0.1) is 0 Å². The average Bonchev–Trinajstić information content (AvgIpc) is 2.30. The highest BCUT2D eigenvalue weighted by Crippen LogP contribution is 2.06. The van der Waals surface area contributed by atoms with E-state index >= 15 is 0 Å². The minimum absolute atomic E-state index is 0.173. The number of aliphatic carboxylic acids is 1. The normalized spacial score (nSPS) is 11.8. The third-order valence-corrected chi connectivity index (χ3v) is 2.36. The van der Waals surface area contributed by atoms with Crippen molar-refractivity contribution in [2.45, 2.75) is 18.9 Å². The lowest BCUT2D eigenvalue weighted by atomic mass is 10.1. The number of rotatable bonds is 6. The molecule has 0 saturated heterocycles. The smallest absolute Gasteiger partial charge is 0.320 e. The van der Waals surface area contributed by atoms with E-state index < -0.39 is 12.0 Å². The fourth-order valence-electron chi connectivity index (χ4n) is 1.41. The zero-order chi connectivity index (χ0) is 12.7. The summed E-state index contributed by atoms with van der Waals surface area (Å²) in [5.74, 6) is -1.13. The number of likely N-dealkylation sites (N-methyl/N-ethyl adjacent to an activating group) is 1. The lowest BCUT2D eigenvalue weighted by Crippen LogP contribution is -2.34. The van der Waals surface area contributed by atoms with Gasteiger partial charge in [-0.1, -0.05) is 18.2 Å². The standard InChI is InChI=1S/C12H16N2O3/c1-13-10(12(16)17)7-8-11(15)14-9-5-3-2-4-6-9/h2-6,10,13H,7-8H2,1H3,(H,14,15)(H,16,17)/t10-/m0/s1. The van der Waals surface area contributed by atoms with Gasteiger partial charge in [0.1, 0.15) is 6.04 Å². The van der Waals surface area contributed by atoms with E-state index in [4.69, 9.17) is 5.11 Å². The number of carboxylic acid groups (broad SMARTS) is 1. The van der Waals surface area contributed by atoms with Crippen molar-refractivity contribution in [1.82, 2.24) is 5.32 Å². The molecule has 0 heterocycles. The summed E-state index contributed by atoms with van der Waals surface area (Å²) < 4.78 is 0. The summed E-state index contributed by atoms with van der Waals surface area (Å²) in [6.07, 6.45) is 0.442. The van der Waals surface area contributed by atoms with Gasteiger partial charge in [0, 0.05) is 12.1 Å². The molecule has 0 saturated carbocycles. The molecule has 0 fully saturated rings. The maximum absolute atomic E-state index is 11.5. The van der Waals surface area contributed by atoms with E-state index in [9.17, 15) is 9.59 Å². The van der Waals surface area contributed by atoms with Crippen LogP contribution in [0.15, 0.2) is 30.3 Å². The zero-order valence-corrected chi connectivity index (χ0v) is 9.64. The molecule has 0 unspecified atom stereocenters. The lowest BCUT2D eigenvalue weighted by Gasteiger charge is -2.10. The Labute approximate surface area is 99.8 Å². The summed E-state index contributed by atoms with van der Waals surface area (Å²) in [7, 11) is 1.56. The van der Waals surface area contributed by atoms with E-state index in [0.29, 0.717) is 5.69 Å². The summed E-state index contributed by atoms with van der Waals surface area (Å²) in [5.41, 5.74) is 0.717. The first-order chi connectivity index (χ1) is 8.13. The molecular formula is C12H16N2O3. The summed E-state index contributed by atoms with van der Waals surface area (Å²) >= 11 is 0. The van der Waals surface area contributed by atoms with Crippen molar-refractivity contribution < 1.29 is 14.7 Å². The van der Waals surface area contributed by atoms with Crippen LogP contribution in [-0.4, -0.2) is 30.1 Å². The number of carbonyl (C=O) groups is 2. The van der Waals surface area contributed by atoms with Crippen molar-refractivity contribution in [3.05, 3.63) is 30.3 Å². The van der Waals surface area contributed by atoms with Gasteiger partial charge in [0.25, 0.3) is 0 Å². The van der Waals surface area contributed by atoms with Gasteiger partial charge in [-0.2, -0.15) is 0 Å². The Morgan fingerprint density at radius 2 is 1.94 bits per heavy atom. The molecule has 3 N–H and O–H groups in total. The van der Waals surface area contributed by atoms with Crippen molar-refractivity contribution in [2.75, 3.05) is 12.4 Å². The van der Waals surface area contributed by atoms with Gasteiger partial charge in [-0.3, -0.25) is 9.59 Å². The van der Waals surface area contributed by atoms with Crippen molar-refractivity contribution in [3.8, 4) is 0 Å². The first-order valence-electron chi connectivity index (χ1n) is 5.38. The summed E-state index contributed by atoms with van der Waals surface area (Å²) in [5, 5.41) is 14.1. The van der Waals surface area contributed by atoms with Crippen molar-refractivity contribution in [3.63, 3.8) is 0 Å². The Bertz CT molecular complexity index is 379. The molecule has 0 spiro atoms. The monoisotopic (exact) mass is 236 g/mol. The van der Waals surface area contributed by atoms with Gasteiger partial charge in [0.2, 0.25) is 5.91 Å². The number of hydrogen-bond donors (Lipinski definition) is 3. The summed E-state index contributed by atoms with van der Waals surface area (Å²) in [6, 6.07) is 8.38. The second-order valence-corrected chi connectivity index (χ2v) is 3.63. The molecule has 17 heavy (non-hydrogen) atoms. The second kappa shape index (κ2) is 6.65. The molecule has 1 atom stereocenters. The van der Waals surface area contributed by atoms with E-state index in [1.165, 1.54) is 0 Å². The first kappa shape index (κ1) is 13.2. The van der Waals surface area contributed by atoms with Crippen LogP contribution in [0.1, 0.15) is 12.8 Å². The lowest BCUT2D eigenvalue weighted by molar-refractivity contribution is -0.139. The fraction of sp³-hybridized carbons (Fsp3) is 0.333. The molecular weight excluding hydrogens is 220 g/mol. The molecule has 0 aromatic heterocycles. The van der Waals surface area contributed by atoms with Crippen molar-refractivity contribution >= 4 is 17.6 Å². The molecule has 1 aromatic rings. The van der Waals surface area contributed by atoms with Crippen LogP contribution >= 0.6 is 0 Å². The van der Waals surface area contributed by atoms with Gasteiger partial charge in [-0.05, 0) is 25.6 Å². The highest BCUT2D eigenvalue weighted by Gasteiger charge is 2.16. The molecule has 1 aromatic carbocycles. The van der Waals surface area contributed by atoms with Crippen molar-refractivity contribution in [2.24, 2.45) is 0 Å².